The molecule has 3 heteroatoms. The SMILES string of the molecule is Cc1ccc(-c2ccccc2)cc1N1c2ccc(-c3ccccc3)cc2B2c3cc4c(cc3N(c3ccc5c(c3)C(C)(C)CC5(C)C)c3cc(C(C)(C)C)cc1c32)C(C)(C)CC4(C)C. The van der Waals surface area contributed by atoms with Crippen LogP contribution in [0.4, 0.5) is 34.1 Å². The number of hydrogen-bond acceptors (Lipinski definition) is 2. The van der Waals surface area contributed by atoms with Crippen LogP contribution in [0.15, 0.2) is 140 Å². The smallest absolute Gasteiger partial charge is 0.252 e. The van der Waals surface area contributed by atoms with Crippen molar-refractivity contribution in [2.24, 2.45) is 0 Å². The zero-order valence-electron chi connectivity index (χ0n) is 40.2. The summed E-state index contributed by atoms with van der Waals surface area (Å²) in [5, 5.41) is 0. The minimum absolute atomic E-state index is 0.0207. The molecule has 0 aromatic heterocycles. The van der Waals surface area contributed by atoms with Gasteiger partial charge in [0.2, 0.25) is 0 Å². The van der Waals surface area contributed by atoms with Crippen molar-refractivity contribution in [2.75, 3.05) is 9.80 Å². The Morgan fingerprint density at radius 2 is 0.938 bits per heavy atom. The van der Waals surface area contributed by atoms with Gasteiger partial charge >= 0.3 is 0 Å². The second-order valence-corrected chi connectivity index (χ2v) is 23.4. The molecule has 4 aliphatic rings. The predicted molar refractivity (Wildman–Crippen MR) is 276 cm³/mol. The molecule has 0 amide bonds. The van der Waals surface area contributed by atoms with Crippen LogP contribution < -0.4 is 26.2 Å². The Morgan fingerprint density at radius 3 is 1.55 bits per heavy atom. The van der Waals surface area contributed by atoms with Gasteiger partial charge in [0.25, 0.3) is 6.71 Å². The maximum Gasteiger partial charge on any atom is 0.252 e. The summed E-state index contributed by atoms with van der Waals surface area (Å²) in [5.41, 5.74) is 25.4. The fraction of sp³-hybridized carbons (Fsp3) is 0.311. The van der Waals surface area contributed by atoms with Crippen molar-refractivity contribution < 1.29 is 0 Å². The topological polar surface area (TPSA) is 6.48 Å². The molecule has 2 aliphatic carbocycles. The zero-order chi connectivity index (χ0) is 44.9. The highest BCUT2D eigenvalue weighted by Crippen LogP contribution is 2.55. The van der Waals surface area contributed by atoms with E-state index in [1.165, 1.54) is 106 Å². The van der Waals surface area contributed by atoms with Gasteiger partial charge in [-0.05, 0) is 161 Å². The lowest BCUT2D eigenvalue weighted by Gasteiger charge is -2.46. The maximum atomic E-state index is 2.70. The first-order valence-corrected chi connectivity index (χ1v) is 23.7. The number of benzene rings is 7. The average molecular weight is 835 g/mol. The van der Waals surface area contributed by atoms with E-state index in [0.29, 0.717) is 0 Å². The predicted octanol–water partition coefficient (Wildman–Crippen LogP) is 14.6. The number of aryl methyl sites for hydroxylation is 1. The molecular weight excluding hydrogens is 771 g/mol. The quantitative estimate of drug-likeness (QED) is 0.163. The van der Waals surface area contributed by atoms with Crippen LogP contribution in [0.5, 0.6) is 0 Å². The first-order chi connectivity index (χ1) is 30.2. The zero-order valence-corrected chi connectivity index (χ0v) is 40.2. The molecule has 0 saturated heterocycles. The maximum absolute atomic E-state index is 2.70. The van der Waals surface area contributed by atoms with Crippen molar-refractivity contribution in [3.05, 3.63) is 173 Å². The largest absolute Gasteiger partial charge is 0.311 e. The van der Waals surface area contributed by atoms with E-state index in [1.54, 1.807) is 0 Å². The number of anilines is 6. The molecule has 64 heavy (non-hydrogen) atoms. The summed E-state index contributed by atoms with van der Waals surface area (Å²) >= 11 is 0. The highest BCUT2D eigenvalue weighted by Gasteiger charge is 2.49. The molecule has 7 aromatic carbocycles. The second kappa shape index (κ2) is 13.6. The molecule has 2 heterocycles. The van der Waals surface area contributed by atoms with E-state index in [0.717, 1.165) is 12.8 Å². The first-order valence-electron chi connectivity index (χ1n) is 23.7. The van der Waals surface area contributed by atoms with E-state index < -0.39 is 0 Å². The number of nitrogens with zero attached hydrogens (tertiary/aromatic N) is 2. The van der Waals surface area contributed by atoms with Gasteiger partial charge in [0.1, 0.15) is 0 Å². The highest BCUT2D eigenvalue weighted by molar-refractivity contribution is 7.00. The van der Waals surface area contributed by atoms with E-state index in [4.69, 9.17) is 0 Å². The van der Waals surface area contributed by atoms with Crippen LogP contribution in [0.1, 0.15) is 122 Å². The van der Waals surface area contributed by atoms with Crippen LogP contribution in [0, 0.1) is 6.92 Å². The molecule has 0 fully saturated rings. The van der Waals surface area contributed by atoms with E-state index in [1.807, 2.05) is 0 Å². The minimum atomic E-state index is -0.106. The van der Waals surface area contributed by atoms with Crippen molar-refractivity contribution in [3.8, 4) is 22.3 Å². The lowest BCUT2D eigenvalue weighted by molar-refractivity contribution is 0.403. The van der Waals surface area contributed by atoms with Gasteiger partial charge in [0.05, 0.1) is 0 Å². The molecule has 0 bridgehead atoms. The summed E-state index contributed by atoms with van der Waals surface area (Å²) < 4.78 is 0. The molecule has 2 aliphatic heterocycles. The number of hydrogen-bond donors (Lipinski definition) is 0. The second-order valence-electron chi connectivity index (χ2n) is 23.4. The van der Waals surface area contributed by atoms with E-state index in [2.05, 4.69) is 232 Å². The molecule has 320 valence electrons. The Hall–Kier alpha value is -5.80. The van der Waals surface area contributed by atoms with Gasteiger partial charge in [-0.25, -0.2) is 0 Å². The Labute approximate surface area is 383 Å². The van der Waals surface area contributed by atoms with E-state index in [-0.39, 0.29) is 33.8 Å². The normalized spacial score (nSPS) is 18.0. The fourth-order valence-electron chi connectivity index (χ4n) is 13.0. The lowest BCUT2D eigenvalue weighted by atomic mass is 9.33. The van der Waals surface area contributed by atoms with E-state index >= 15 is 0 Å². The summed E-state index contributed by atoms with van der Waals surface area (Å²) in [6, 6.07) is 54.1. The van der Waals surface area contributed by atoms with Crippen LogP contribution in [0.3, 0.4) is 0 Å². The van der Waals surface area contributed by atoms with E-state index in [9.17, 15) is 0 Å². The summed E-state index contributed by atoms with van der Waals surface area (Å²) in [6.07, 6.45) is 2.26. The van der Waals surface area contributed by atoms with Crippen molar-refractivity contribution in [1.82, 2.24) is 0 Å². The fourth-order valence-corrected chi connectivity index (χ4v) is 13.0. The van der Waals surface area contributed by atoms with Crippen molar-refractivity contribution >= 4 is 57.2 Å². The number of rotatable bonds is 4. The molecule has 0 spiro atoms. The third kappa shape index (κ3) is 6.13. The Bertz CT molecular complexity index is 3050. The Morgan fingerprint density at radius 1 is 0.422 bits per heavy atom. The van der Waals surface area contributed by atoms with Crippen molar-refractivity contribution in [1.29, 1.82) is 0 Å². The van der Waals surface area contributed by atoms with Crippen LogP contribution in [0.25, 0.3) is 22.3 Å². The van der Waals surface area contributed by atoms with Gasteiger partial charge in [0.15, 0.2) is 0 Å². The van der Waals surface area contributed by atoms with Crippen molar-refractivity contribution in [2.45, 2.75) is 123 Å². The third-order valence-electron chi connectivity index (χ3n) is 15.7. The molecular formula is C61H63BN2. The highest BCUT2D eigenvalue weighted by atomic mass is 15.2. The molecule has 0 saturated carbocycles. The Balaban J connectivity index is 1.28. The molecule has 11 rings (SSSR count). The standard InChI is InChI=1S/C61H63BN2/c1-38-23-24-42(40-21-17-14-18-22-40)30-52(38)64-51-28-25-41(39-19-15-13-16-20-39)29-49(51)62-50-34-47-48(61(11,12)37-60(47,9)10)35-53(50)63(54-31-43(57(2,3)4)32-55(64)56(54)62)44-26-27-45-46(33-44)59(7,8)36-58(45,5)6/h13-35H,36-37H2,1-12H3. The molecule has 0 radical (unpaired) electrons. The van der Waals surface area contributed by atoms with Crippen LogP contribution in [-0.2, 0) is 27.1 Å². The van der Waals surface area contributed by atoms with Crippen LogP contribution >= 0.6 is 0 Å². The summed E-state index contributed by atoms with van der Waals surface area (Å²) in [7, 11) is 0. The van der Waals surface area contributed by atoms with Gasteiger partial charge in [-0.1, -0.05) is 173 Å². The Kier molecular flexibility index (Phi) is 8.71. The van der Waals surface area contributed by atoms with Crippen molar-refractivity contribution in [3.63, 3.8) is 0 Å². The molecule has 7 aromatic rings. The summed E-state index contributed by atoms with van der Waals surface area (Å²) in [4.78, 5) is 5.33. The summed E-state index contributed by atoms with van der Waals surface area (Å²) in [6.45, 7) is 29.1. The third-order valence-corrected chi connectivity index (χ3v) is 15.7. The van der Waals surface area contributed by atoms with Gasteiger partial charge in [-0.3, -0.25) is 0 Å². The molecule has 0 N–H and O–H groups in total. The van der Waals surface area contributed by atoms with Gasteiger partial charge in [-0.2, -0.15) is 0 Å². The average Bonchev–Trinajstić information content (AvgIpc) is 3.56. The van der Waals surface area contributed by atoms with Gasteiger partial charge in [-0.15, -0.1) is 0 Å². The molecule has 0 unspecified atom stereocenters. The van der Waals surface area contributed by atoms with Crippen LogP contribution in [-0.4, -0.2) is 6.71 Å². The monoisotopic (exact) mass is 835 g/mol. The lowest BCUT2D eigenvalue weighted by Crippen LogP contribution is -2.61. The first kappa shape index (κ1) is 40.9. The molecule has 2 nitrogen and oxygen atoms in total. The minimum Gasteiger partial charge on any atom is -0.311 e. The summed E-state index contributed by atoms with van der Waals surface area (Å²) in [5.74, 6) is 0. The number of fused-ring (bicyclic) bond motifs is 6. The van der Waals surface area contributed by atoms with Gasteiger partial charge < -0.3 is 9.80 Å². The molecule has 0 atom stereocenters. The van der Waals surface area contributed by atoms with Gasteiger partial charge in [0, 0.05) is 34.1 Å². The van der Waals surface area contributed by atoms with Crippen LogP contribution in [0.2, 0.25) is 0 Å².